The van der Waals surface area contributed by atoms with Gasteiger partial charge in [-0.1, -0.05) is 6.07 Å². The van der Waals surface area contributed by atoms with Crippen LogP contribution in [0.1, 0.15) is 25.2 Å². The first-order valence-corrected chi connectivity index (χ1v) is 12.8. The van der Waals surface area contributed by atoms with Crippen LogP contribution < -0.4 is 19.9 Å². The number of hydrogen-bond donors (Lipinski definition) is 2. The van der Waals surface area contributed by atoms with Gasteiger partial charge in [-0.25, -0.2) is 18.7 Å². The van der Waals surface area contributed by atoms with Crippen LogP contribution >= 0.6 is 0 Å². The molecule has 0 saturated carbocycles. The van der Waals surface area contributed by atoms with Gasteiger partial charge in [-0.3, -0.25) is 0 Å². The largest absolute Gasteiger partial charge is 0.486 e. The molecule has 7 nitrogen and oxygen atoms in total. The van der Waals surface area contributed by atoms with E-state index in [1.165, 1.54) is 12.3 Å². The van der Waals surface area contributed by atoms with E-state index in [1.54, 1.807) is 6.07 Å². The molecule has 1 saturated heterocycles. The first-order valence-electron chi connectivity index (χ1n) is 12.8. The molecular formula is C28H30F2N6O. The molecule has 0 spiro atoms. The van der Waals surface area contributed by atoms with Crippen molar-refractivity contribution in [2.75, 3.05) is 49.1 Å². The predicted octanol–water partition coefficient (Wildman–Crippen LogP) is 4.51. The summed E-state index contributed by atoms with van der Waals surface area (Å²) in [4.78, 5) is 16.7. The third-order valence-corrected chi connectivity index (χ3v) is 7.09. The second kappa shape index (κ2) is 9.63. The summed E-state index contributed by atoms with van der Waals surface area (Å²) in [5.41, 5.74) is 3.17. The Labute approximate surface area is 214 Å². The first-order chi connectivity index (χ1) is 18.0. The Bertz CT molecular complexity index is 1450. The highest BCUT2D eigenvalue weighted by atomic mass is 19.1. The number of aromatic amines is 1. The van der Waals surface area contributed by atoms with Crippen molar-refractivity contribution in [2.24, 2.45) is 0 Å². The molecule has 6 rings (SSSR count). The maximum Gasteiger partial charge on any atom is 0.178 e. The lowest BCUT2D eigenvalue weighted by molar-refractivity contribution is 0.287. The lowest BCUT2D eigenvalue weighted by atomic mass is 10.1. The van der Waals surface area contributed by atoms with Gasteiger partial charge in [-0.15, -0.1) is 0 Å². The fraction of sp³-hybridized carbons (Fsp3) is 0.357. The van der Waals surface area contributed by atoms with Gasteiger partial charge in [0, 0.05) is 55.1 Å². The monoisotopic (exact) mass is 504 g/mol. The standard InChI is InChI=1S/C28H30F2N6O/c1-17(2)36-9-10-37-28-21(29)13-20(14-24(28)36)27-22(30)16-32-25(34-27)12-18-3-4-23-19(11-18)15-26(33-23)35-7-5-31-6-8-35/h3-4,11,13-17,31,33H,5-10,12H2,1-2H3. The van der Waals surface area contributed by atoms with Crippen molar-refractivity contribution >= 4 is 22.4 Å². The van der Waals surface area contributed by atoms with Crippen LogP contribution in [-0.2, 0) is 6.42 Å². The van der Waals surface area contributed by atoms with E-state index in [9.17, 15) is 8.78 Å². The summed E-state index contributed by atoms with van der Waals surface area (Å²) in [7, 11) is 0. The fourth-order valence-corrected chi connectivity index (χ4v) is 5.20. The molecule has 0 amide bonds. The van der Waals surface area contributed by atoms with Crippen LogP contribution in [0.4, 0.5) is 20.3 Å². The average Bonchev–Trinajstić information content (AvgIpc) is 3.33. The second-order valence-corrected chi connectivity index (χ2v) is 9.91. The highest BCUT2D eigenvalue weighted by Crippen LogP contribution is 2.39. The minimum absolute atomic E-state index is 0.0877. The van der Waals surface area contributed by atoms with Crippen molar-refractivity contribution in [1.82, 2.24) is 20.3 Å². The molecule has 37 heavy (non-hydrogen) atoms. The molecule has 9 heteroatoms. The van der Waals surface area contributed by atoms with Crippen molar-refractivity contribution in [1.29, 1.82) is 0 Å². The first kappa shape index (κ1) is 23.7. The zero-order valence-electron chi connectivity index (χ0n) is 21.0. The number of nitrogens with one attached hydrogen (secondary N) is 2. The minimum Gasteiger partial charge on any atom is -0.486 e. The number of benzene rings is 2. The maximum absolute atomic E-state index is 15.0. The van der Waals surface area contributed by atoms with Gasteiger partial charge < -0.3 is 24.8 Å². The number of hydrogen-bond acceptors (Lipinski definition) is 6. The zero-order chi connectivity index (χ0) is 25.5. The van der Waals surface area contributed by atoms with Gasteiger partial charge in [0.1, 0.15) is 23.9 Å². The predicted molar refractivity (Wildman–Crippen MR) is 142 cm³/mol. The Morgan fingerprint density at radius 2 is 1.86 bits per heavy atom. The second-order valence-electron chi connectivity index (χ2n) is 9.91. The van der Waals surface area contributed by atoms with Gasteiger partial charge in [0.15, 0.2) is 17.4 Å². The SMILES string of the molecule is CC(C)N1CCOc2c(F)cc(-c3nc(Cc4ccc5[nH]c(N6CCNCC6)cc5c4)ncc3F)cc21. The molecule has 2 aliphatic heterocycles. The Balaban J connectivity index is 1.30. The summed E-state index contributed by atoms with van der Waals surface area (Å²) in [6.45, 7) is 9.02. The molecule has 0 bridgehead atoms. The van der Waals surface area contributed by atoms with E-state index in [-0.39, 0.29) is 17.5 Å². The van der Waals surface area contributed by atoms with Gasteiger partial charge in [0.25, 0.3) is 0 Å². The molecule has 0 aliphatic carbocycles. The summed E-state index contributed by atoms with van der Waals surface area (Å²) < 4.78 is 35.5. The Morgan fingerprint density at radius 1 is 1.03 bits per heavy atom. The number of rotatable bonds is 5. The highest BCUT2D eigenvalue weighted by molar-refractivity contribution is 5.85. The summed E-state index contributed by atoms with van der Waals surface area (Å²) in [5.74, 6) is 0.693. The number of anilines is 2. The Hall–Kier alpha value is -3.72. The van der Waals surface area contributed by atoms with Gasteiger partial charge in [0.05, 0.1) is 18.4 Å². The van der Waals surface area contributed by atoms with E-state index in [2.05, 4.69) is 48.3 Å². The van der Waals surface area contributed by atoms with Crippen molar-refractivity contribution in [3.05, 3.63) is 65.6 Å². The van der Waals surface area contributed by atoms with E-state index in [1.807, 2.05) is 19.9 Å². The fourth-order valence-electron chi connectivity index (χ4n) is 5.20. The van der Waals surface area contributed by atoms with Gasteiger partial charge in [0.2, 0.25) is 0 Å². The number of piperazine rings is 1. The van der Waals surface area contributed by atoms with Crippen LogP contribution in [0.25, 0.3) is 22.2 Å². The molecule has 2 aromatic carbocycles. The Morgan fingerprint density at radius 3 is 2.68 bits per heavy atom. The summed E-state index contributed by atoms with van der Waals surface area (Å²) in [5, 5.41) is 4.48. The molecule has 4 aromatic rings. The van der Waals surface area contributed by atoms with Gasteiger partial charge in [-0.2, -0.15) is 0 Å². The molecule has 0 radical (unpaired) electrons. The third-order valence-electron chi connectivity index (χ3n) is 7.09. The number of nitrogens with zero attached hydrogens (tertiary/aromatic N) is 4. The van der Waals surface area contributed by atoms with Crippen LogP contribution in [0.3, 0.4) is 0 Å². The van der Waals surface area contributed by atoms with E-state index in [4.69, 9.17) is 4.74 Å². The zero-order valence-corrected chi connectivity index (χ0v) is 21.0. The lowest BCUT2D eigenvalue weighted by Gasteiger charge is -2.34. The number of aromatic nitrogens is 3. The van der Waals surface area contributed by atoms with Crippen molar-refractivity contribution in [3.63, 3.8) is 0 Å². The van der Waals surface area contributed by atoms with Crippen LogP contribution in [0, 0.1) is 11.6 Å². The van der Waals surface area contributed by atoms with Crippen molar-refractivity contribution in [3.8, 4) is 17.0 Å². The van der Waals surface area contributed by atoms with Gasteiger partial charge in [-0.05, 0) is 49.7 Å². The highest BCUT2D eigenvalue weighted by Gasteiger charge is 2.25. The van der Waals surface area contributed by atoms with Crippen LogP contribution in [-0.4, -0.2) is 60.3 Å². The summed E-state index contributed by atoms with van der Waals surface area (Å²) in [6, 6.07) is 11.6. The van der Waals surface area contributed by atoms with Crippen molar-refractivity contribution in [2.45, 2.75) is 26.3 Å². The van der Waals surface area contributed by atoms with E-state index in [0.717, 1.165) is 48.5 Å². The van der Waals surface area contributed by atoms with Crippen LogP contribution in [0.2, 0.25) is 0 Å². The van der Waals surface area contributed by atoms with Crippen LogP contribution in [0.5, 0.6) is 5.75 Å². The molecule has 192 valence electrons. The summed E-state index contributed by atoms with van der Waals surface area (Å²) in [6.07, 6.45) is 1.61. The van der Waals surface area contributed by atoms with Crippen molar-refractivity contribution < 1.29 is 13.5 Å². The minimum atomic E-state index is -0.585. The lowest BCUT2D eigenvalue weighted by Crippen LogP contribution is -2.43. The molecular weight excluding hydrogens is 474 g/mol. The Kier molecular flexibility index (Phi) is 6.16. The molecule has 0 unspecified atom stereocenters. The molecule has 2 aromatic heterocycles. The number of halogens is 2. The molecule has 0 atom stereocenters. The number of H-pyrrole nitrogens is 1. The van der Waals surface area contributed by atoms with Gasteiger partial charge >= 0.3 is 0 Å². The number of fused-ring (bicyclic) bond motifs is 2. The normalized spacial score (nSPS) is 15.8. The number of ether oxygens (including phenoxy) is 1. The summed E-state index contributed by atoms with van der Waals surface area (Å²) >= 11 is 0. The van der Waals surface area contributed by atoms with E-state index < -0.39 is 11.6 Å². The van der Waals surface area contributed by atoms with Crippen LogP contribution in [0.15, 0.2) is 42.6 Å². The molecule has 4 heterocycles. The molecule has 2 N–H and O–H groups in total. The molecule has 1 fully saturated rings. The maximum atomic E-state index is 15.0. The topological polar surface area (TPSA) is 69.3 Å². The van der Waals surface area contributed by atoms with E-state index in [0.29, 0.717) is 36.6 Å². The average molecular weight is 505 g/mol. The third kappa shape index (κ3) is 4.59. The smallest absolute Gasteiger partial charge is 0.178 e. The quantitative estimate of drug-likeness (QED) is 0.417. The molecule has 2 aliphatic rings. The van der Waals surface area contributed by atoms with E-state index >= 15 is 0 Å².